The van der Waals surface area contributed by atoms with E-state index >= 15 is 0 Å². The largest absolute Gasteiger partial charge is 0.493 e. The molecule has 2 aromatic rings. The second-order valence-corrected chi connectivity index (χ2v) is 4.97. The van der Waals surface area contributed by atoms with Gasteiger partial charge in [-0.25, -0.2) is 15.0 Å². The number of ether oxygens (including phenoxy) is 2. The molecule has 0 bridgehead atoms. The number of methoxy groups -OCH3 is 1. The SMILES string of the molecule is CN=C(Cl)/C(Oc1ccccc1OC)=C(Cl)\N=C\c1ncccn1. The van der Waals surface area contributed by atoms with Crippen molar-refractivity contribution >= 4 is 34.6 Å². The first kappa shape index (κ1) is 17.9. The van der Waals surface area contributed by atoms with Crippen molar-refractivity contribution < 1.29 is 9.47 Å². The Balaban J connectivity index is 2.35. The van der Waals surface area contributed by atoms with E-state index < -0.39 is 0 Å². The van der Waals surface area contributed by atoms with Crippen molar-refractivity contribution in [3.63, 3.8) is 0 Å². The standard InChI is InChI=1S/C16H14Cl2N4O2/c1-19-15(17)14(24-12-7-4-3-6-11(12)23-2)16(18)22-10-13-20-8-5-9-21-13/h3-10H,1-2H3/b16-14+,19-15?,22-10+. The number of hydrogen-bond acceptors (Lipinski definition) is 6. The van der Waals surface area contributed by atoms with Crippen molar-refractivity contribution in [3.8, 4) is 11.5 Å². The summed E-state index contributed by atoms with van der Waals surface area (Å²) in [6.45, 7) is 0. The maximum absolute atomic E-state index is 6.21. The van der Waals surface area contributed by atoms with Crippen LogP contribution in [0.2, 0.25) is 0 Å². The number of halogens is 2. The van der Waals surface area contributed by atoms with Crippen LogP contribution in [0.1, 0.15) is 5.82 Å². The quantitative estimate of drug-likeness (QED) is 0.445. The molecular weight excluding hydrogens is 351 g/mol. The molecule has 0 unspecified atom stereocenters. The second-order valence-electron chi connectivity index (χ2n) is 4.25. The Morgan fingerprint density at radius 3 is 2.38 bits per heavy atom. The molecule has 0 saturated carbocycles. The van der Waals surface area contributed by atoms with Crippen LogP contribution >= 0.6 is 23.2 Å². The van der Waals surface area contributed by atoms with Crippen molar-refractivity contribution in [1.82, 2.24) is 9.97 Å². The van der Waals surface area contributed by atoms with Crippen LogP contribution in [0.25, 0.3) is 0 Å². The molecule has 0 amide bonds. The predicted octanol–water partition coefficient (Wildman–Crippen LogP) is 3.66. The van der Waals surface area contributed by atoms with E-state index in [-0.39, 0.29) is 16.1 Å². The van der Waals surface area contributed by atoms with Gasteiger partial charge in [0.2, 0.25) is 5.76 Å². The third-order valence-corrected chi connectivity index (χ3v) is 3.34. The average molecular weight is 365 g/mol. The highest BCUT2D eigenvalue weighted by atomic mass is 35.5. The lowest BCUT2D eigenvalue weighted by Crippen LogP contribution is -2.06. The normalized spacial score (nSPS) is 12.9. The van der Waals surface area contributed by atoms with Crippen molar-refractivity contribution in [2.75, 3.05) is 14.2 Å². The zero-order valence-electron chi connectivity index (χ0n) is 13.0. The summed E-state index contributed by atoms with van der Waals surface area (Å²) in [5.74, 6) is 1.45. The predicted molar refractivity (Wildman–Crippen MR) is 95.3 cm³/mol. The monoisotopic (exact) mass is 364 g/mol. The Labute approximate surface area is 149 Å². The van der Waals surface area contributed by atoms with E-state index in [4.69, 9.17) is 32.7 Å². The Bertz CT molecular complexity index is 777. The fraction of sp³-hybridized carbons (Fsp3) is 0.125. The fourth-order valence-electron chi connectivity index (χ4n) is 1.63. The third kappa shape index (κ3) is 4.78. The first-order valence-electron chi connectivity index (χ1n) is 6.80. The highest BCUT2D eigenvalue weighted by Crippen LogP contribution is 2.30. The summed E-state index contributed by atoms with van der Waals surface area (Å²) in [4.78, 5) is 16.0. The third-order valence-electron chi connectivity index (χ3n) is 2.73. The van der Waals surface area contributed by atoms with Crippen molar-refractivity contribution in [2.24, 2.45) is 9.98 Å². The Kier molecular flexibility index (Phi) is 6.72. The number of aromatic nitrogens is 2. The topological polar surface area (TPSA) is 69.0 Å². The van der Waals surface area contributed by atoms with Crippen LogP contribution in [0.15, 0.2) is 63.6 Å². The molecule has 0 aliphatic carbocycles. The number of nitrogens with zero attached hydrogens (tertiary/aromatic N) is 4. The smallest absolute Gasteiger partial charge is 0.201 e. The van der Waals surface area contributed by atoms with Gasteiger partial charge >= 0.3 is 0 Å². The Hall–Kier alpha value is -2.44. The summed E-state index contributed by atoms with van der Waals surface area (Å²) in [5, 5.41) is 0.0704. The summed E-state index contributed by atoms with van der Waals surface area (Å²) in [6.07, 6.45) is 4.59. The van der Waals surface area contributed by atoms with Crippen LogP contribution < -0.4 is 9.47 Å². The highest BCUT2D eigenvalue weighted by Gasteiger charge is 2.15. The molecule has 6 nitrogen and oxygen atoms in total. The molecule has 0 radical (unpaired) electrons. The van der Waals surface area contributed by atoms with E-state index in [1.165, 1.54) is 20.4 Å². The van der Waals surface area contributed by atoms with Crippen molar-refractivity contribution in [1.29, 1.82) is 0 Å². The van der Waals surface area contributed by atoms with Gasteiger partial charge in [0.25, 0.3) is 0 Å². The molecule has 0 saturated heterocycles. The first-order valence-corrected chi connectivity index (χ1v) is 7.55. The number of aliphatic imine (C=N–C) groups is 2. The maximum Gasteiger partial charge on any atom is 0.201 e. The minimum absolute atomic E-state index is 0.00367. The van der Waals surface area contributed by atoms with Gasteiger partial charge < -0.3 is 9.47 Å². The van der Waals surface area contributed by atoms with E-state index in [9.17, 15) is 0 Å². The first-order chi connectivity index (χ1) is 11.7. The maximum atomic E-state index is 6.21. The highest BCUT2D eigenvalue weighted by molar-refractivity contribution is 6.69. The molecule has 1 aromatic heterocycles. The summed E-state index contributed by atoms with van der Waals surface area (Å²) in [7, 11) is 3.05. The molecule has 1 aromatic carbocycles. The van der Waals surface area contributed by atoms with Gasteiger partial charge in [0.05, 0.1) is 13.3 Å². The van der Waals surface area contributed by atoms with Gasteiger partial charge in [-0.1, -0.05) is 35.3 Å². The summed E-state index contributed by atoms with van der Waals surface area (Å²) >= 11 is 12.3. The zero-order chi connectivity index (χ0) is 17.4. The van der Waals surface area contributed by atoms with Crippen LogP contribution in [0.4, 0.5) is 0 Å². The zero-order valence-corrected chi connectivity index (χ0v) is 14.5. The second kappa shape index (κ2) is 9.00. The van der Waals surface area contributed by atoms with Gasteiger partial charge in [0.15, 0.2) is 27.7 Å². The van der Waals surface area contributed by atoms with Crippen LogP contribution in [0, 0.1) is 0 Å². The van der Waals surface area contributed by atoms with E-state index in [2.05, 4.69) is 20.0 Å². The molecule has 0 atom stereocenters. The van der Waals surface area contributed by atoms with Gasteiger partial charge in [-0.2, -0.15) is 0 Å². The van der Waals surface area contributed by atoms with Crippen LogP contribution in [-0.2, 0) is 0 Å². The van der Waals surface area contributed by atoms with Crippen LogP contribution in [-0.4, -0.2) is 35.5 Å². The lowest BCUT2D eigenvalue weighted by atomic mass is 10.3. The number of allylic oxidation sites excluding steroid dienone is 1. The summed E-state index contributed by atoms with van der Waals surface area (Å²) in [6, 6.07) is 8.77. The number of hydrogen-bond donors (Lipinski definition) is 0. The van der Waals surface area contributed by atoms with Crippen LogP contribution in [0.5, 0.6) is 11.5 Å². The number of benzene rings is 1. The molecule has 0 aliphatic rings. The van der Waals surface area contributed by atoms with Crippen LogP contribution in [0.3, 0.4) is 0 Å². The lowest BCUT2D eigenvalue weighted by Gasteiger charge is -2.12. The van der Waals surface area contributed by atoms with E-state index in [0.29, 0.717) is 17.3 Å². The van der Waals surface area contributed by atoms with Gasteiger partial charge in [0.1, 0.15) is 0 Å². The number of para-hydroxylation sites is 2. The van der Waals surface area contributed by atoms with E-state index in [1.807, 2.05) is 6.07 Å². The molecule has 0 fully saturated rings. The number of rotatable bonds is 6. The summed E-state index contributed by atoms with van der Waals surface area (Å²) < 4.78 is 11.0. The lowest BCUT2D eigenvalue weighted by molar-refractivity contribution is 0.370. The minimum Gasteiger partial charge on any atom is -0.493 e. The minimum atomic E-state index is 0.00367. The Morgan fingerprint density at radius 1 is 1.08 bits per heavy atom. The fourth-order valence-corrected chi connectivity index (χ4v) is 1.99. The average Bonchev–Trinajstić information content (AvgIpc) is 2.64. The molecule has 0 spiro atoms. The van der Waals surface area contributed by atoms with Gasteiger partial charge in [-0.3, -0.25) is 4.99 Å². The van der Waals surface area contributed by atoms with E-state index in [0.717, 1.165) is 0 Å². The van der Waals surface area contributed by atoms with Gasteiger partial charge in [-0.15, -0.1) is 0 Å². The summed E-state index contributed by atoms with van der Waals surface area (Å²) in [5.41, 5.74) is 0. The molecule has 0 N–H and O–H groups in total. The molecule has 24 heavy (non-hydrogen) atoms. The van der Waals surface area contributed by atoms with Crippen molar-refractivity contribution in [3.05, 3.63) is 59.5 Å². The molecular formula is C16H14Cl2N4O2. The van der Waals surface area contributed by atoms with Gasteiger partial charge in [-0.05, 0) is 18.2 Å². The van der Waals surface area contributed by atoms with Crippen molar-refractivity contribution in [2.45, 2.75) is 0 Å². The van der Waals surface area contributed by atoms with Gasteiger partial charge in [0, 0.05) is 19.4 Å². The van der Waals surface area contributed by atoms with E-state index in [1.54, 1.807) is 36.7 Å². The molecule has 124 valence electrons. The molecule has 0 aliphatic heterocycles. The molecule has 1 heterocycles. The molecule has 2 rings (SSSR count). The molecule has 8 heteroatoms. The Morgan fingerprint density at radius 2 is 1.75 bits per heavy atom.